The summed E-state index contributed by atoms with van der Waals surface area (Å²) in [7, 11) is 1.62. The van der Waals surface area contributed by atoms with Crippen LogP contribution in [0.3, 0.4) is 0 Å². The second kappa shape index (κ2) is 6.58. The first kappa shape index (κ1) is 16.0. The summed E-state index contributed by atoms with van der Waals surface area (Å²) in [5.41, 5.74) is 0.743. The van der Waals surface area contributed by atoms with Gasteiger partial charge in [0.2, 0.25) is 0 Å². The first-order valence-corrected chi connectivity index (χ1v) is 6.98. The molecule has 1 N–H and O–H groups in total. The molecule has 2 aromatic carbocycles. The molecule has 0 aromatic heterocycles. The van der Waals surface area contributed by atoms with Crippen LogP contribution in [0.15, 0.2) is 34.8 Å². The van der Waals surface area contributed by atoms with Crippen molar-refractivity contribution in [3.63, 3.8) is 0 Å². The normalized spacial score (nSPS) is 12.5. The highest BCUT2D eigenvalue weighted by molar-refractivity contribution is 9.10. The molecule has 112 valence electrons. The van der Waals surface area contributed by atoms with Gasteiger partial charge >= 0.3 is 0 Å². The van der Waals surface area contributed by atoms with Gasteiger partial charge < -0.3 is 5.32 Å². The summed E-state index contributed by atoms with van der Waals surface area (Å²) in [6.07, 6.45) is 0.173. The molecule has 0 amide bonds. The molecule has 0 saturated heterocycles. The van der Waals surface area contributed by atoms with Crippen LogP contribution in [0, 0.1) is 23.3 Å². The Kier molecular flexibility index (Phi) is 5.00. The third-order valence-electron chi connectivity index (χ3n) is 3.23. The van der Waals surface area contributed by atoms with Crippen LogP contribution < -0.4 is 5.32 Å². The topological polar surface area (TPSA) is 12.0 Å². The molecular formula is C15H12BrF4N. The van der Waals surface area contributed by atoms with E-state index in [4.69, 9.17) is 0 Å². The van der Waals surface area contributed by atoms with Crippen molar-refractivity contribution in [1.29, 1.82) is 0 Å². The van der Waals surface area contributed by atoms with Crippen LogP contribution >= 0.6 is 15.9 Å². The Hall–Kier alpha value is -1.40. The van der Waals surface area contributed by atoms with E-state index in [9.17, 15) is 17.6 Å². The van der Waals surface area contributed by atoms with Crippen molar-refractivity contribution >= 4 is 15.9 Å². The van der Waals surface area contributed by atoms with Crippen LogP contribution in [0.1, 0.15) is 17.2 Å². The van der Waals surface area contributed by atoms with Crippen LogP contribution in [0.5, 0.6) is 0 Å². The number of halogens is 5. The molecule has 0 saturated carbocycles. The van der Waals surface area contributed by atoms with Crippen LogP contribution in [-0.4, -0.2) is 7.05 Å². The Morgan fingerprint density at radius 2 is 1.76 bits per heavy atom. The maximum Gasteiger partial charge on any atom is 0.173 e. The van der Waals surface area contributed by atoms with Gasteiger partial charge in [0.25, 0.3) is 0 Å². The minimum Gasteiger partial charge on any atom is -0.313 e. The second-order valence-corrected chi connectivity index (χ2v) is 5.34. The average Bonchev–Trinajstić information content (AvgIpc) is 2.45. The molecule has 0 radical (unpaired) electrons. The number of hydrogen-bond donors (Lipinski definition) is 1. The fraction of sp³-hybridized carbons (Fsp3) is 0.200. The van der Waals surface area contributed by atoms with E-state index in [1.807, 2.05) is 0 Å². The lowest BCUT2D eigenvalue weighted by Gasteiger charge is -2.19. The molecule has 1 atom stereocenters. The number of rotatable bonds is 4. The lowest BCUT2D eigenvalue weighted by atomic mass is 9.98. The van der Waals surface area contributed by atoms with Crippen molar-refractivity contribution in [2.75, 3.05) is 7.05 Å². The Labute approximate surface area is 128 Å². The van der Waals surface area contributed by atoms with E-state index in [2.05, 4.69) is 21.2 Å². The lowest BCUT2D eigenvalue weighted by Crippen LogP contribution is -2.20. The van der Waals surface area contributed by atoms with Gasteiger partial charge in [0, 0.05) is 12.1 Å². The zero-order valence-electron chi connectivity index (χ0n) is 11.1. The molecule has 2 rings (SSSR count). The number of likely N-dealkylation sites (N-methyl/N-ethyl adjacent to an activating group) is 1. The number of benzene rings is 2. The molecule has 21 heavy (non-hydrogen) atoms. The van der Waals surface area contributed by atoms with E-state index >= 15 is 0 Å². The fourth-order valence-corrected chi connectivity index (χ4v) is 2.68. The van der Waals surface area contributed by atoms with E-state index in [1.54, 1.807) is 7.05 Å². The van der Waals surface area contributed by atoms with E-state index in [0.717, 1.165) is 18.2 Å². The maximum absolute atomic E-state index is 13.7. The Bertz CT molecular complexity index is 660. The van der Waals surface area contributed by atoms with Gasteiger partial charge in [-0.15, -0.1) is 0 Å². The smallest absolute Gasteiger partial charge is 0.173 e. The monoisotopic (exact) mass is 361 g/mol. The molecule has 1 nitrogen and oxygen atoms in total. The summed E-state index contributed by atoms with van der Waals surface area (Å²) in [6.45, 7) is 0. The molecule has 0 aliphatic heterocycles. The highest BCUT2D eigenvalue weighted by Gasteiger charge is 2.19. The van der Waals surface area contributed by atoms with Crippen molar-refractivity contribution in [3.8, 4) is 0 Å². The van der Waals surface area contributed by atoms with Gasteiger partial charge in [0.05, 0.1) is 4.47 Å². The van der Waals surface area contributed by atoms with Crippen LogP contribution in [0.25, 0.3) is 0 Å². The van der Waals surface area contributed by atoms with Crippen LogP contribution in [-0.2, 0) is 6.42 Å². The van der Waals surface area contributed by atoms with E-state index < -0.39 is 29.3 Å². The summed E-state index contributed by atoms with van der Waals surface area (Å²) in [4.78, 5) is 0. The highest BCUT2D eigenvalue weighted by atomic mass is 79.9. The summed E-state index contributed by atoms with van der Waals surface area (Å²) < 4.78 is 53.3. The van der Waals surface area contributed by atoms with Crippen LogP contribution in [0.4, 0.5) is 17.6 Å². The standard InChI is InChI=1S/C15H12BrF4N/c1-21-13(6-8-2-3-9(17)7-12(8)19)10-4-5-11(18)15(20)14(10)16/h2-5,7,13,21H,6H2,1H3. The molecule has 1 unspecified atom stereocenters. The Balaban J connectivity index is 2.34. The van der Waals surface area contributed by atoms with Gasteiger partial charge in [-0.3, -0.25) is 0 Å². The minimum absolute atomic E-state index is 0.00984. The van der Waals surface area contributed by atoms with Gasteiger partial charge in [-0.05, 0) is 52.7 Å². The summed E-state index contributed by atoms with van der Waals surface area (Å²) in [5.74, 6) is -3.29. The largest absolute Gasteiger partial charge is 0.313 e. The van der Waals surface area contributed by atoms with Crippen molar-refractivity contribution in [2.45, 2.75) is 12.5 Å². The molecule has 6 heteroatoms. The van der Waals surface area contributed by atoms with Gasteiger partial charge in [-0.25, -0.2) is 17.6 Å². The van der Waals surface area contributed by atoms with Crippen molar-refractivity contribution in [1.82, 2.24) is 5.32 Å². The highest BCUT2D eigenvalue weighted by Crippen LogP contribution is 2.30. The SMILES string of the molecule is CNC(Cc1ccc(F)cc1F)c1ccc(F)c(F)c1Br. The maximum atomic E-state index is 13.7. The molecule has 0 spiro atoms. The van der Waals surface area contributed by atoms with Crippen LogP contribution in [0.2, 0.25) is 0 Å². The lowest BCUT2D eigenvalue weighted by molar-refractivity contribution is 0.493. The summed E-state index contributed by atoms with van der Waals surface area (Å²) in [6, 6.07) is 5.28. The summed E-state index contributed by atoms with van der Waals surface area (Å²) in [5, 5.41) is 2.92. The first-order valence-electron chi connectivity index (χ1n) is 6.18. The van der Waals surface area contributed by atoms with Gasteiger partial charge in [0.15, 0.2) is 11.6 Å². The predicted octanol–water partition coefficient (Wildman–Crippen LogP) is 4.51. The zero-order chi connectivity index (χ0) is 15.6. The quantitative estimate of drug-likeness (QED) is 0.624. The Morgan fingerprint density at radius 1 is 1.05 bits per heavy atom. The van der Waals surface area contributed by atoms with Crippen molar-refractivity contribution < 1.29 is 17.6 Å². The Morgan fingerprint density at radius 3 is 2.38 bits per heavy atom. The van der Waals surface area contributed by atoms with E-state index in [0.29, 0.717) is 5.56 Å². The zero-order valence-corrected chi connectivity index (χ0v) is 12.6. The van der Waals surface area contributed by atoms with Crippen molar-refractivity contribution in [3.05, 3.63) is 69.2 Å². The predicted molar refractivity (Wildman–Crippen MR) is 75.9 cm³/mol. The van der Waals surface area contributed by atoms with Gasteiger partial charge in [-0.2, -0.15) is 0 Å². The third kappa shape index (κ3) is 3.44. The van der Waals surface area contributed by atoms with Crippen molar-refractivity contribution in [2.24, 2.45) is 0 Å². The summed E-state index contributed by atoms with van der Waals surface area (Å²) >= 11 is 3.01. The molecule has 0 aliphatic rings. The molecule has 0 bridgehead atoms. The minimum atomic E-state index is -0.993. The number of hydrogen-bond acceptors (Lipinski definition) is 1. The molecule has 0 heterocycles. The third-order valence-corrected chi connectivity index (χ3v) is 4.03. The fourth-order valence-electron chi connectivity index (χ4n) is 2.08. The van der Waals surface area contributed by atoms with Gasteiger partial charge in [-0.1, -0.05) is 12.1 Å². The van der Waals surface area contributed by atoms with Gasteiger partial charge in [0.1, 0.15) is 11.6 Å². The average molecular weight is 362 g/mol. The van der Waals surface area contributed by atoms with E-state index in [-0.39, 0.29) is 16.5 Å². The molecule has 0 aliphatic carbocycles. The second-order valence-electron chi connectivity index (χ2n) is 4.55. The first-order chi connectivity index (χ1) is 9.93. The van der Waals surface area contributed by atoms with E-state index in [1.165, 1.54) is 12.1 Å². The number of nitrogens with one attached hydrogen (secondary N) is 1. The molecule has 0 fully saturated rings. The molecule has 2 aromatic rings. The molecular weight excluding hydrogens is 350 g/mol.